The van der Waals surface area contributed by atoms with Crippen LogP contribution < -0.4 is 10.5 Å². The van der Waals surface area contributed by atoms with Crippen LogP contribution in [0, 0.1) is 6.92 Å². The maximum atomic E-state index is 11.0. The van der Waals surface area contributed by atoms with Gasteiger partial charge in [0, 0.05) is 5.39 Å². The molecule has 1 aromatic carbocycles. The van der Waals surface area contributed by atoms with E-state index in [1.54, 1.807) is 13.2 Å². The van der Waals surface area contributed by atoms with E-state index in [1.807, 2.05) is 13.0 Å². The van der Waals surface area contributed by atoms with E-state index in [9.17, 15) is 4.79 Å². The molecule has 2 rings (SSSR count). The zero-order valence-corrected chi connectivity index (χ0v) is 9.52. The Morgan fingerprint density at radius 2 is 2.12 bits per heavy atom. The molecular weight excluding hydrogens is 220 g/mol. The molecule has 3 N–H and O–H groups in total. The van der Waals surface area contributed by atoms with Crippen molar-refractivity contribution in [3.63, 3.8) is 0 Å². The smallest absolute Gasteiger partial charge is 0.339 e. The lowest BCUT2D eigenvalue weighted by Gasteiger charge is -2.08. The largest absolute Gasteiger partial charge is 0.497 e. The van der Waals surface area contributed by atoms with Gasteiger partial charge in [0.15, 0.2) is 0 Å². The molecule has 1 aromatic heterocycles. The highest BCUT2D eigenvalue weighted by molar-refractivity contribution is 5.98. The van der Waals surface area contributed by atoms with Crippen LogP contribution in [0.25, 0.3) is 10.9 Å². The lowest BCUT2D eigenvalue weighted by Crippen LogP contribution is -2.05. The highest BCUT2D eigenvalue weighted by Gasteiger charge is 2.12. The predicted octanol–water partition coefficient (Wildman–Crippen LogP) is 1.83. The average Bonchev–Trinajstić information content (AvgIpc) is 2.28. The molecule has 0 saturated carbocycles. The number of aromatic nitrogens is 1. The number of rotatable bonds is 2. The zero-order chi connectivity index (χ0) is 12.6. The summed E-state index contributed by atoms with van der Waals surface area (Å²) in [5.41, 5.74) is 7.19. The first kappa shape index (κ1) is 11.2. The van der Waals surface area contributed by atoms with Gasteiger partial charge < -0.3 is 15.6 Å². The van der Waals surface area contributed by atoms with E-state index < -0.39 is 5.97 Å². The highest BCUT2D eigenvalue weighted by Crippen LogP contribution is 2.26. The summed E-state index contributed by atoms with van der Waals surface area (Å²) >= 11 is 0. The van der Waals surface area contributed by atoms with Crippen molar-refractivity contribution in [3.8, 4) is 5.75 Å². The molecule has 0 fully saturated rings. The molecule has 0 atom stereocenters. The number of benzene rings is 1. The second kappa shape index (κ2) is 3.93. The molecule has 0 radical (unpaired) electrons. The Morgan fingerprint density at radius 3 is 2.71 bits per heavy atom. The Balaban J connectivity index is 2.79. The lowest BCUT2D eigenvalue weighted by molar-refractivity contribution is 0.0698. The summed E-state index contributed by atoms with van der Waals surface area (Å²) in [6, 6.07) is 5.08. The van der Waals surface area contributed by atoms with Crippen LogP contribution in [-0.2, 0) is 0 Å². The van der Waals surface area contributed by atoms with Gasteiger partial charge in [-0.1, -0.05) is 0 Å². The molecule has 17 heavy (non-hydrogen) atoms. The van der Waals surface area contributed by atoms with Crippen molar-refractivity contribution in [2.45, 2.75) is 6.92 Å². The molecule has 0 bridgehead atoms. The van der Waals surface area contributed by atoms with Crippen molar-refractivity contribution in [1.29, 1.82) is 0 Å². The maximum Gasteiger partial charge on any atom is 0.339 e. The number of aromatic carboxylic acids is 1. The van der Waals surface area contributed by atoms with Crippen molar-refractivity contribution >= 4 is 22.7 Å². The van der Waals surface area contributed by atoms with Gasteiger partial charge in [-0.3, -0.25) is 0 Å². The van der Waals surface area contributed by atoms with E-state index in [0.717, 1.165) is 5.56 Å². The molecule has 0 unspecified atom stereocenters. The Kier molecular flexibility index (Phi) is 2.59. The lowest BCUT2D eigenvalue weighted by atomic mass is 10.1. The number of ether oxygens (including phenoxy) is 1. The van der Waals surface area contributed by atoms with Crippen LogP contribution in [0.15, 0.2) is 18.2 Å². The number of nitrogen functional groups attached to an aromatic ring is 1. The quantitative estimate of drug-likeness (QED) is 0.825. The molecule has 5 heteroatoms. The number of pyridine rings is 1. The van der Waals surface area contributed by atoms with Crippen LogP contribution in [0.2, 0.25) is 0 Å². The van der Waals surface area contributed by atoms with Crippen LogP contribution in [0.3, 0.4) is 0 Å². The van der Waals surface area contributed by atoms with Gasteiger partial charge in [0.1, 0.15) is 17.1 Å². The second-order valence-corrected chi connectivity index (χ2v) is 3.74. The Hall–Kier alpha value is -2.30. The van der Waals surface area contributed by atoms with Crippen molar-refractivity contribution in [3.05, 3.63) is 29.3 Å². The monoisotopic (exact) mass is 232 g/mol. The van der Waals surface area contributed by atoms with Crippen molar-refractivity contribution < 1.29 is 14.6 Å². The summed E-state index contributed by atoms with van der Waals surface area (Å²) in [6.07, 6.45) is 0. The van der Waals surface area contributed by atoms with Gasteiger partial charge in [0.05, 0.1) is 12.6 Å². The minimum Gasteiger partial charge on any atom is -0.497 e. The first-order valence-corrected chi connectivity index (χ1v) is 5.01. The number of methoxy groups -OCH3 is 1. The number of carboxylic acids is 1. The molecular formula is C12H12N2O3. The van der Waals surface area contributed by atoms with E-state index in [-0.39, 0.29) is 11.4 Å². The van der Waals surface area contributed by atoms with E-state index >= 15 is 0 Å². The summed E-state index contributed by atoms with van der Waals surface area (Å²) < 4.78 is 5.13. The maximum absolute atomic E-state index is 11.0. The zero-order valence-electron chi connectivity index (χ0n) is 9.52. The topological polar surface area (TPSA) is 85.4 Å². The number of nitrogens with two attached hydrogens (primary N) is 1. The Labute approximate surface area is 97.8 Å². The fourth-order valence-electron chi connectivity index (χ4n) is 1.73. The molecule has 2 aromatic rings. The van der Waals surface area contributed by atoms with Crippen LogP contribution in [0.4, 0.5) is 5.82 Å². The van der Waals surface area contributed by atoms with E-state index in [1.165, 1.54) is 6.07 Å². The summed E-state index contributed by atoms with van der Waals surface area (Å²) in [6.45, 7) is 1.87. The van der Waals surface area contributed by atoms with Crippen LogP contribution in [-0.4, -0.2) is 23.2 Å². The number of anilines is 1. The van der Waals surface area contributed by atoms with Crippen LogP contribution in [0.5, 0.6) is 5.75 Å². The molecule has 0 amide bonds. The molecule has 0 spiro atoms. The van der Waals surface area contributed by atoms with Crippen LogP contribution in [0.1, 0.15) is 15.9 Å². The number of aryl methyl sites for hydroxylation is 1. The van der Waals surface area contributed by atoms with Gasteiger partial charge in [0.2, 0.25) is 0 Å². The minimum absolute atomic E-state index is 0.00477. The first-order chi connectivity index (χ1) is 8.02. The summed E-state index contributed by atoms with van der Waals surface area (Å²) in [5, 5.41) is 9.67. The molecule has 0 saturated heterocycles. The third-order valence-electron chi connectivity index (χ3n) is 2.58. The highest BCUT2D eigenvalue weighted by atomic mass is 16.5. The molecule has 1 heterocycles. The predicted molar refractivity (Wildman–Crippen MR) is 64.4 cm³/mol. The van der Waals surface area contributed by atoms with Gasteiger partial charge in [-0.2, -0.15) is 0 Å². The molecule has 88 valence electrons. The Bertz CT molecular complexity index is 608. The van der Waals surface area contributed by atoms with Crippen molar-refractivity contribution in [2.24, 2.45) is 0 Å². The third kappa shape index (κ3) is 1.87. The fraction of sp³-hybridized carbons (Fsp3) is 0.167. The van der Waals surface area contributed by atoms with E-state index in [2.05, 4.69) is 4.98 Å². The van der Waals surface area contributed by atoms with Gasteiger partial charge in [-0.25, -0.2) is 9.78 Å². The standard InChI is InChI=1S/C12H12N2O3/c1-6-3-8(17-2)4-7-5-9(12(15)16)11(13)14-10(6)7/h3-5H,1-2H3,(H2,13,14)(H,15,16). The second-order valence-electron chi connectivity index (χ2n) is 3.74. The number of hydrogen-bond acceptors (Lipinski definition) is 4. The normalized spacial score (nSPS) is 10.5. The van der Waals surface area contributed by atoms with Crippen LogP contribution >= 0.6 is 0 Å². The van der Waals surface area contributed by atoms with Gasteiger partial charge in [-0.05, 0) is 30.7 Å². The molecule has 0 aliphatic rings. The number of carbonyl (C=O) groups is 1. The van der Waals surface area contributed by atoms with Gasteiger partial charge in [0.25, 0.3) is 0 Å². The number of fused-ring (bicyclic) bond motifs is 1. The van der Waals surface area contributed by atoms with Crippen molar-refractivity contribution in [1.82, 2.24) is 4.98 Å². The Morgan fingerprint density at radius 1 is 1.41 bits per heavy atom. The average molecular weight is 232 g/mol. The SMILES string of the molecule is COc1cc(C)c2nc(N)c(C(=O)O)cc2c1. The first-order valence-electron chi connectivity index (χ1n) is 5.01. The molecule has 0 aliphatic heterocycles. The van der Waals surface area contributed by atoms with E-state index in [0.29, 0.717) is 16.7 Å². The number of hydrogen-bond donors (Lipinski definition) is 2. The van der Waals surface area contributed by atoms with Gasteiger partial charge in [-0.15, -0.1) is 0 Å². The van der Waals surface area contributed by atoms with Crippen molar-refractivity contribution in [2.75, 3.05) is 12.8 Å². The summed E-state index contributed by atoms with van der Waals surface area (Å²) in [7, 11) is 1.56. The minimum atomic E-state index is -1.09. The molecule has 5 nitrogen and oxygen atoms in total. The molecule has 0 aliphatic carbocycles. The summed E-state index contributed by atoms with van der Waals surface area (Å²) in [5.74, 6) is -0.395. The fourth-order valence-corrected chi connectivity index (χ4v) is 1.73. The number of nitrogens with zero attached hydrogens (tertiary/aromatic N) is 1. The van der Waals surface area contributed by atoms with E-state index in [4.69, 9.17) is 15.6 Å². The number of carboxylic acid groups (broad SMARTS) is 1. The van der Waals surface area contributed by atoms with Gasteiger partial charge >= 0.3 is 5.97 Å². The third-order valence-corrected chi connectivity index (χ3v) is 2.58. The summed E-state index contributed by atoms with van der Waals surface area (Å²) in [4.78, 5) is 15.1.